The molecule has 112 valence electrons. The maximum Gasteiger partial charge on any atom is 0.265 e. The highest BCUT2D eigenvalue weighted by Crippen LogP contribution is 2.11. The van der Waals surface area contributed by atoms with Crippen molar-refractivity contribution in [3.05, 3.63) is 52.9 Å². The molecule has 7 nitrogen and oxygen atoms in total. The second kappa shape index (κ2) is 6.44. The lowest BCUT2D eigenvalue weighted by molar-refractivity contribution is 0.0954. The van der Waals surface area contributed by atoms with Gasteiger partial charge in [0.15, 0.2) is 5.82 Å². The molecule has 0 aliphatic carbocycles. The molecule has 0 saturated carbocycles. The summed E-state index contributed by atoms with van der Waals surface area (Å²) in [6, 6.07) is 5.58. The Morgan fingerprint density at radius 2 is 2.32 bits per heavy atom. The van der Waals surface area contributed by atoms with Crippen LogP contribution in [0.25, 0.3) is 5.82 Å². The van der Waals surface area contributed by atoms with Crippen molar-refractivity contribution < 1.29 is 4.79 Å². The Balaban J connectivity index is 1.69. The minimum Gasteiger partial charge on any atom is -0.347 e. The molecule has 0 fully saturated rings. The number of hydrogen-bond acceptors (Lipinski definition) is 6. The molecular formula is C14H14N6OS. The molecule has 0 aliphatic rings. The van der Waals surface area contributed by atoms with Crippen molar-refractivity contribution >= 4 is 17.4 Å². The van der Waals surface area contributed by atoms with Crippen LogP contribution in [0.3, 0.4) is 0 Å². The van der Waals surface area contributed by atoms with Crippen LogP contribution in [0.4, 0.5) is 0 Å². The standard InChI is InChI=1S/C14H14N6OS/c1-2-11-13(22-19-18-11)14(21)16-9-10-4-6-15-12(8-10)20-7-3-5-17-20/h3-8H,2,9H2,1H3,(H,16,21). The zero-order chi connectivity index (χ0) is 15.4. The maximum atomic E-state index is 12.2. The molecule has 3 heterocycles. The Hall–Kier alpha value is -2.61. The third kappa shape index (κ3) is 3.01. The van der Waals surface area contributed by atoms with E-state index in [2.05, 4.69) is 25.0 Å². The second-order valence-corrected chi connectivity index (χ2v) is 5.31. The highest BCUT2D eigenvalue weighted by molar-refractivity contribution is 7.08. The number of nitrogens with one attached hydrogen (secondary N) is 1. The summed E-state index contributed by atoms with van der Waals surface area (Å²) in [5.41, 5.74) is 1.68. The van der Waals surface area contributed by atoms with E-state index in [1.54, 1.807) is 17.1 Å². The van der Waals surface area contributed by atoms with Crippen LogP contribution in [0.5, 0.6) is 0 Å². The first-order valence-corrected chi connectivity index (χ1v) is 7.59. The molecule has 1 N–H and O–H groups in total. The van der Waals surface area contributed by atoms with Crippen LogP contribution in [-0.4, -0.2) is 30.3 Å². The first kappa shape index (κ1) is 14.3. The Labute approximate surface area is 131 Å². The van der Waals surface area contributed by atoms with Gasteiger partial charge in [0, 0.05) is 25.1 Å². The number of hydrogen-bond donors (Lipinski definition) is 1. The summed E-state index contributed by atoms with van der Waals surface area (Å²) in [6.07, 6.45) is 5.91. The minimum atomic E-state index is -0.149. The Bertz CT molecular complexity index is 767. The van der Waals surface area contributed by atoms with Crippen molar-refractivity contribution in [1.29, 1.82) is 0 Å². The Morgan fingerprint density at radius 1 is 1.41 bits per heavy atom. The number of aryl methyl sites for hydroxylation is 1. The van der Waals surface area contributed by atoms with Gasteiger partial charge in [0.25, 0.3) is 5.91 Å². The lowest BCUT2D eigenvalue weighted by Crippen LogP contribution is -2.23. The highest BCUT2D eigenvalue weighted by Gasteiger charge is 2.14. The van der Waals surface area contributed by atoms with Crippen LogP contribution in [0, 0.1) is 0 Å². The fraction of sp³-hybridized carbons (Fsp3) is 0.214. The number of pyridine rings is 1. The van der Waals surface area contributed by atoms with E-state index in [0.29, 0.717) is 23.7 Å². The largest absolute Gasteiger partial charge is 0.347 e. The van der Waals surface area contributed by atoms with Gasteiger partial charge in [-0.1, -0.05) is 11.4 Å². The Morgan fingerprint density at radius 3 is 3.09 bits per heavy atom. The third-order valence-electron chi connectivity index (χ3n) is 3.10. The van der Waals surface area contributed by atoms with E-state index in [9.17, 15) is 4.79 Å². The number of amides is 1. The molecule has 0 atom stereocenters. The molecule has 1 amide bonds. The lowest BCUT2D eigenvalue weighted by Gasteiger charge is -2.06. The third-order valence-corrected chi connectivity index (χ3v) is 3.87. The van der Waals surface area contributed by atoms with Crippen molar-refractivity contribution in [2.24, 2.45) is 0 Å². The molecule has 0 aliphatic heterocycles. The van der Waals surface area contributed by atoms with Gasteiger partial charge in [-0.05, 0) is 41.7 Å². The summed E-state index contributed by atoms with van der Waals surface area (Å²) in [6.45, 7) is 2.36. The number of aromatic nitrogens is 5. The Kier molecular flexibility index (Phi) is 4.19. The normalized spacial score (nSPS) is 10.6. The molecular weight excluding hydrogens is 300 g/mol. The van der Waals surface area contributed by atoms with Crippen LogP contribution < -0.4 is 5.32 Å². The quantitative estimate of drug-likeness (QED) is 0.773. The number of rotatable bonds is 5. The van der Waals surface area contributed by atoms with Gasteiger partial charge < -0.3 is 5.32 Å². The van der Waals surface area contributed by atoms with Gasteiger partial charge in [-0.2, -0.15) is 5.10 Å². The van der Waals surface area contributed by atoms with Crippen molar-refractivity contribution in [3.63, 3.8) is 0 Å². The van der Waals surface area contributed by atoms with Gasteiger partial charge >= 0.3 is 0 Å². The number of nitrogens with zero attached hydrogens (tertiary/aromatic N) is 5. The molecule has 22 heavy (non-hydrogen) atoms. The average molecular weight is 314 g/mol. The summed E-state index contributed by atoms with van der Waals surface area (Å²) < 4.78 is 5.50. The van der Waals surface area contributed by atoms with Crippen LogP contribution in [0.2, 0.25) is 0 Å². The van der Waals surface area contributed by atoms with Crippen molar-refractivity contribution in [1.82, 2.24) is 29.7 Å². The lowest BCUT2D eigenvalue weighted by atomic mass is 10.2. The van der Waals surface area contributed by atoms with Crippen LogP contribution in [-0.2, 0) is 13.0 Å². The summed E-state index contributed by atoms with van der Waals surface area (Å²) in [5, 5.41) is 11.0. The van der Waals surface area contributed by atoms with E-state index >= 15 is 0 Å². The summed E-state index contributed by atoms with van der Waals surface area (Å²) in [5.74, 6) is 0.565. The van der Waals surface area contributed by atoms with Gasteiger partial charge in [0.05, 0.1) is 5.69 Å². The minimum absolute atomic E-state index is 0.149. The average Bonchev–Trinajstić information content (AvgIpc) is 3.23. The van der Waals surface area contributed by atoms with E-state index in [4.69, 9.17) is 0 Å². The van der Waals surface area contributed by atoms with Crippen molar-refractivity contribution in [2.75, 3.05) is 0 Å². The second-order valence-electron chi connectivity index (χ2n) is 4.56. The maximum absolute atomic E-state index is 12.2. The zero-order valence-electron chi connectivity index (χ0n) is 11.9. The first-order chi connectivity index (χ1) is 10.8. The fourth-order valence-electron chi connectivity index (χ4n) is 1.98. The summed E-state index contributed by atoms with van der Waals surface area (Å²) in [7, 11) is 0. The van der Waals surface area contributed by atoms with E-state index in [-0.39, 0.29) is 5.91 Å². The molecule has 8 heteroatoms. The zero-order valence-corrected chi connectivity index (χ0v) is 12.7. The molecule has 0 bridgehead atoms. The predicted molar refractivity (Wildman–Crippen MR) is 81.8 cm³/mol. The number of carbonyl (C=O) groups is 1. The topological polar surface area (TPSA) is 85.6 Å². The molecule has 0 unspecified atom stereocenters. The molecule has 0 radical (unpaired) electrons. The van der Waals surface area contributed by atoms with Crippen LogP contribution in [0.1, 0.15) is 27.9 Å². The number of carbonyl (C=O) groups excluding carboxylic acids is 1. The smallest absolute Gasteiger partial charge is 0.265 e. The van der Waals surface area contributed by atoms with Crippen LogP contribution >= 0.6 is 11.5 Å². The van der Waals surface area contributed by atoms with Gasteiger partial charge in [0.2, 0.25) is 0 Å². The molecule has 3 rings (SSSR count). The van der Waals surface area contributed by atoms with E-state index in [0.717, 1.165) is 22.8 Å². The molecule has 3 aromatic rings. The van der Waals surface area contributed by atoms with Crippen molar-refractivity contribution in [2.45, 2.75) is 19.9 Å². The van der Waals surface area contributed by atoms with E-state index in [1.807, 2.05) is 31.3 Å². The SMILES string of the molecule is CCc1nnsc1C(=O)NCc1ccnc(-n2cccn2)c1. The molecule has 0 aromatic carbocycles. The van der Waals surface area contributed by atoms with Gasteiger partial charge in [0.1, 0.15) is 4.88 Å². The highest BCUT2D eigenvalue weighted by atomic mass is 32.1. The molecule has 3 aromatic heterocycles. The first-order valence-electron chi connectivity index (χ1n) is 6.82. The monoisotopic (exact) mass is 314 g/mol. The van der Waals surface area contributed by atoms with Crippen LogP contribution in [0.15, 0.2) is 36.8 Å². The predicted octanol–water partition coefficient (Wildman–Crippen LogP) is 1.61. The van der Waals surface area contributed by atoms with Gasteiger partial charge in [-0.3, -0.25) is 4.79 Å². The van der Waals surface area contributed by atoms with Gasteiger partial charge in [-0.15, -0.1) is 5.10 Å². The molecule has 0 saturated heterocycles. The van der Waals surface area contributed by atoms with E-state index in [1.165, 1.54) is 0 Å². The van der Waals surface area contributed by atoms with E-state index < -0.39 is 0 Å². The summed E-state index contributed by atoms with van der Waals surface area (Å²) in [4.78, 5) is 17.0. The molecule has 0 spiro atoms. The van der Waals surface area contributed by atoms with Crippen molar-refractivity contribution in [3.8, 4) is 5.82 Å². The summed E-state index contributed by atoms with van der Waals surface area (Å²) >= 11 is 1.12. The van der Waals surface area contributed by atoms with Gasteiger partial charge in [-0.25, -0.2) is 9.67 Å². The fourth-order valence-corrected chi connectivity index (χ4v) is 2.64.